The van der Waals surface area contributed by atoms with Gasteiger partial charge in [0.15, 0.2) is 5.96 Å². The zero-order valence-electron chi connectivity index (χ0n) is 19.6. The Morgan fingerprint density at radius 1 is 1.00 bits per heavy atom. The van der Waals surface area contributed by atoms with Crippen molar-refractivity contribution >= 4 is 41.8 Å². The molecule has 1 atom stereocenters. The van der Waals surface area contributed by atoms with E-state index >= 15 is 0 Å². The zero-order chi connectivity index (χ0) is 22.9. The number of rotatable bonds is 7. The van der Waals surface area contributed by atoms with Gasteiger partial charge in [0.25, 0.3) is 5.91 Å². The van der Waals surface area contributed by atoms with Gasteiger partial charge in [0, 0.05) is 57.9 Å². The number of carbonyl (C=O) groups is 2. The number of amides is 2. The predicted octanol–water partition coefficient (Wildman–Crippen LogP) is 1.33. The molecule has 2 heterocycles. The number of nitrogens with one attached hydrogen (secondary N) is 2. The monoisotopic (exact) mass is 572 g/mol. The first-order valence-corrected chi connectivity index (χ1v) is 11.6. The zero-order valence-corrected chi connectivity index (χ0v) is 22.0. The maximum Gasteiger partial charge on any atom is 0.251 e. The molecule has 0 spiro atoms. The lowest BCUT2D eigenvalue weighted by molar-refractivity contribution is -0.135. The summed E-state index contributed by atoms with van der Waals surface area (Å²) in [4.78, 5) is 36.0. The van der Waals surface area contributed by atoms with Crippen LogP contribution in [0.25, 0.3) is 0 Å². The van der Waals surface area contributed by atoms with Crippen molar-refractivity contribution in [3.63, 3.8) is 0 Å². The Kier molecular flexibility index (Phi) is 11.2. The van der Waals surface area contributed by atoms with Crippen LogP contribution in [0.1, 0.15) is 37.0 Å². The van der Waals surface area contributed by atoms with Crippen molar-refractivity contribution in [1.82, 2.24) is 25.3 Å². The Morgan fingerprint density at radius 2 is 1.64 bits per heavy atom. The van der Waals surface area contributed by atoms with E-state index in [1.165, 1.54) is 12.1 Å². The lowest BCUT2D eigenvalue weighted by Crippen LogP contribution is -2.57. The number of phenolic OH excluding ortho intramolecular Hbond substituents is 1. The first-order valence-electron chi connectivity index (χ1n) is 11.6. The van der Waals surface area contributed by atoms with Crippen LogP contribution >= 0.6 is 24.0 Å². The van der Waals surface area contributed by atoms with Crippen LogP contribution in [0.15, 0.2) is 29.3 Å². The van der Waals surface area contributed by atoms with Crippen LogP contribution in [0.5, 0.6) is 5.75 Å². The van der Waals surface area contributed by atoms with E-state index < -0.39 is 0 Å². The summed E-state index contributed by atoms with van der Waals surface area (Å²) in [7, 11) is 0. The van der Waals surface area contributed by atoms with Crippen molar-refractivity contribution in [2.75, 3.05) is 58.9 Å². The standard InChI is InChI=1S/C23H36N6O3.HI/c1-3-24-23(26-11-10-25-21(31)19-6-8-20(30)9-7-19)29-16-14-27(15-17-29)18(2)22(32)28-12-4-5-13-28;/h6-9,18,30H,3-5,10-17H2,1-2H3,(H,24,26)(H,25,31);1H. The summed E-state index contributed by atoms with van der Waals surface area (Å²) in [6.45, 7) is 10.8. The minimum absolute atomic E-state index is 0. The second-order valence-corrected chi connectivity index (χ2v) is 8.27. The largest absolute Gasteiger partial charge is 0.508 e. The second-order valence-electron chi connectivity index (χ2n) is 8.27. The van der Waals surface area contributed by atoms with E-state index in [0.29, 0.717) is 18.7 Å². The highest BCUT2D eigenvalue weighted by molar-refractivity contribution is 14.0. The van der Waals surface area contributed by atoms with Gasteiger partial charge in [-0.1, -0.05) is 0 Å². The van der Waals surface area contributed by atoms with Gasteiger partial charge in [-0.15, -0.1) is 24.0 Å². The number of nitrogens with zero attached hydrogens (tertiary/aromatic N) is 4. The molecule has 3 rings (SSSR count). The number of benzene rings is 1. The van der Waals surface area contributed by atoms with Crippen LogP contribution in [0.2, 0.25) is 0 Å². The number of carbonyl (C=O) groups excluding carboxylic acids is 2. The lowest BCUT2D eigenvalue weighted by Gasteiger charge is -2.39. The van der Waals surface area contributed by atoms with Gasteiger partial charge in [-0.05, 0) is 51.0 Å². The van der Waals surface area contributed by atoms with E-state index in [1.54, 1.807) is 12.1 Å². The van der Waals surface area contributed by atoms with E-state index in [0.717, 1.165) is 64.6 Å². The van der Waals surface area contributed by atoms with E-state index in [2.05, 4.69) is 25.4 Å². The van der Waals surface area contributed by atoms with Gasteiger partial charge in [-0.2, -0.15) is 0 Å². The molecule has 3 N–H and O–H groups in total. The number of halogens is 1. The summed E-state index contributed by atoms with van der Waals surface area (Å²) < 4.78 is 0. The normalized spacial score (nSPS) is 17.9. The average molecular weight is 572 g/mol. The number of guanidine groups is 1. The molecule has 2 aliphatic rings. The van der Waals surface area contributed by atoms with Crippen molar-refractivity contribution in [3.8, 4) is 5.75 Å². The molecule has 0 aliphatic carbocycles. The highest BCUT2D eigenvalue weighted by Crippen LogP contribution is 2.14. The maximum atomic E-state index is 12.7. The third kappa shape index (κ3) is 7.73. The molecule has 2 amide bonds. The first kappa shape index (κ1) is 27.2. The molecule has 1 unspecified atom stereocenters. The molecule has 0 radical (unpaired) electrons. The molecule has 1 aromatic carbocycles. The number of phenols is 1. The van der Waals surface area contributed by atoms with Crippen LogP contribution in [-0.2, 0) is 4.79 Å². The van der Waals surface area contributed by atoms with E-state index in [9.17, 15) is 14.7 Å². The summed E-state index contributed by atoms with van der Waals surface area (Å²) in [5.74, 6) is 1.04. The van der Waals surface area contributed by atoms with Gasteiger partial charge in [-0.25, -0.2) is 0 Å². The Labute approximate surface area is 213 Å². The number of hydrogen-bond donors (Lipinski definition) is 3. The maximum absolute atomic E-state index is 12.7. The van der Waals surface area contributed by atoms with Gasteiger partial charge in [-0.3, -0.25) is 19.5 Å². The molecule has 9 nitrogen and oxygen atoms in total. The summed E-state index contributed by atoms with van der Waals surface area (Å²) in [6, 6.07) is 6.09. The van der Waals surface area contributed by atoms with Crippen LogP contribution in [0.4, 0.5) is 0 Å². The number of piperazine rings is 1. The molecule has 2 aliphatic heterocycles. The fourth-order valence-corrected chi connectivity index (χ4v) is 4.15. The fourth-order valence-electron chi connectivity index (χ4n) is 4.15. The van der Waals surface area contributed by atoms with E-state index in [1.807, 2.05) is 18.7 Å². The molecule has 184 valence electrons. The number of aromatic hydroxyl groups is 1. The Balaban J connectivity index is 0.00000385. The quantitative estimate of drug-likeness (QED) is 0.198. The van der Waals surface area contributed by atoms with Crippen LogP contribution in [0.3, 0.4) is 0 Å². The second kappa shape index (κ2) is 13.6. The summed E-state index contributed by atoms with van der Waals surface area (Å²) >= 11 is 0. The summed E-state index contributed by atoms with van der Waals surface area (Å²) in [6.07, 6.45) is 2.23. The molecule has 1 aromatic rings. The average Bonchev–Trinajstić information content (AvgIpc) is 3.35. The molecule has 0 bridgehead atoms. The van der Waals surface area contributed by atoms with E-state index in [4.69, 9.17) is 0 Å². The molecule has 0 saturated carbocycles. The van der Waals surface area contributed by atoms with E-state index in [-0.39, 0.29) is 47.6 Å². The molecule has 2 fully saturated rings. The van der Waals surface area contributed by atoms with Crippen molar-refractivity contribution in [3.05, 3.63) is 29.8 Å². The van der Waals surface area contributed by atoms with Crippen LogP contribution in [-0.4, -0.2) is 103 Å². The Hall–Kier alpha value is -2.08. The fraction of sp³-hybridized carbons (Fsp3) is 0.609. The molecule has 33 heavy (non-hydrogen) atoms. The molecule has 0 aromatic heterocycles. The van der Waals surface area contributed by atoms with Crippen molar-refractivity contribution in [2.24, 2.45) is 4.99 Å². The van der Waals surface area contributed by atoms with Crippen molar-refractivity contribution in [2.45, 2.75) is 32.7 Å². The predicted molar refractivity (Wildman–Crippen MR) is 140 cm³/mol. The van der Waals surface area contributed by atoms with Gasteiger partial charge < -0.3 is 25.5 Å². The van der Waals surface area contributed by atoms with Gasteiger partial charge >= 0.3 is 0 Å². The Morgan fingerprint density at radius 3 is 2.24 bits per heavy atom. The minimum Gasteiger partial charge on any atom is -0.508 e. The number of aliphatic imine (C=N–C) groups is 1. The SMILES string of the molecule is CCNC(=NCCNC(=O)c1ccc(O)cc1)N1CCN(C(C)C(=O)N2CCCC2)CC1.I. The first-order chi connectivity index (χ1) is 15.5. The smallest absolute Gasteiger partial charge is 0.251 e. The molecule has 2 saturated heterocycles. The lowest BCUT2D eigenvalue weighted by atomic mass is 10.2. The van der Waals surface area contributed by atoms with Crippen molar-refractivity contribution in [1.29, 1.82) is 0 Å². The van der Waals surface area contributed by atoms with Crippen LogP contribution < -0.4 is 10.6 Å². The van der Waals surface area contributed by atoms with Gasteiger partial charge in [0.2, 0.25) is 5.91 Å². The van der Waals surface area contributed by atoms with Crippen LogP contribution in [0, 0.1) is 0 Å². The topological polar surface area (TPSA) is 101 Å². The van der Waals surface area contributed by atoms with Gasteiger partial charge in [0.1, 0.15) is 5.75 Å². The summed E-state index contributed by atoms with van der Waals surface area (Å²) in [5.41, 5.74) is 0.507. The Bertz CT molecular complexity index is 790. The highest BCUT2D eigenvalue weighted by Gasteiger charge is 2.30. The molecular formula is C23H37IN6O3. The number of hydrogen-bond acceptors (Lipinski definition) is 5. The third-order valence-electron chi connectivity index (χ3n) is 6.06. The molecule has 10 heteroatoms. The summed E-state index contributed by atoms with van der Waals surface area (Å²) in [5, 5.41) is 15.5. The molecular weight excluding hydrogens is 535 g/mol. The highest BCUT2D eigenvalue weighted by atomic mass is 127. The van der Waals surface area contributed by atoms with Crippen molar-refractivity contribution < 1.29 is 14.7 Å². The minimum atomic E-state index is -0.185. The number of likely N-dealkylation sites (tertiary alicyclic amines) is 1. The third-order valence-corrected chi connectivity index (χ3v) is 6.06. The van der Waals surface area contributed by atoms with Gasteiger partial charge in [0.05, 0.1) is 12.6 Å².